The van der Waals surface area contributed by atoms with Gasteiger partial charge in [0, 0.05) is 0 Å². The van der Waals surface area contributed by atoms with E-state index >= 15 is 0 Å². The quantitative estimate of drug-likeness (QED) is 0.758. The summed E-state index contributed by atoms with van der Waals surface area (Å²) in [4.78, 5) is 7.20. The number of halogens is 1. The van der Waals surface area contributed by atoms with E-state index < -0.39 is 5.95 Å². The van der Waals surface area contributed by atoms with Crippen LogP contribution >= 0.6 is 0 Å². The fourth-order valence-corrected chi connectivity index (χ4v) is 1.52. The molecule has 1 aromatic heterocycles. The van der Waals surface area contributed by atoms with Crippen LogP contribution in [0.2, 0.25) is 0 Å². The van der Waals surface area contributed by atoms with E-state index in [1.165, 1.54) is 5.56 Å². The van der Waals surface area contributed by atoms with Crippen molar-refractivity contribution in [2.75, 3.05) is 0 Å². The van der Waals surface area contributed by atoms with E-state index in [-0.39, 0.29) is 11.3 Å². The van der Waals surface area contributed by atoms with Crippen LogP contribution in [0.5, 0.6) is 11.6 Å². The van der Waals surface area contributed by atoms with Crippen molar-refractivity contribution in [3.63, 3.8) is 0 Å². The number of hydrogen-bond donors (Lipinski definition) is 0. The van der Waals surface area contributed by atoms with Crippen LogP contribution in [0.25, 0.3) is 0 Å². The summed E-state index contributed by atoms with van der Waals surface area (Å²) in [6.45, 7) is 6.42. The largest absolute Gasteiger partial charge is 0.439 e. The first-order valence-corrected chi connectivity index (χ1v) is 5.71. The molecule has 94 valence electrons. The molecule has 0 aliphatic carbocycles. The van der Waals surface area contributed by atoms with Crippen LogP contribution in [0.3, 0.4) is 0 Å². The van der Waals surface area contributed by atoms with Crippen LogP contribution in [0.1, 0.15) is 26.3 Å². The van der Waals surface area contributed by atoms with Crippen LogP contribution < -0.4 is 4.74 Å². The average Bonchev–Trinajstić information content (AvgIpc) is 2.28. The SMILES string of the molecule is CC(C)(C)c1ccc(Oc2cc(F)ncn2)cc1. The summed E-state index contributed by atoms with van der Waals surface area (Å²) in [7, 11) is 0. The topological polar surface area (TPSA) is 35.0 Å². The van der Waals surface area contributed by atoms with Crippen LogP contribution in [0.15, 0.2) is 36.7 Å². The second-order valence-electron chi connectivity index (χ2n) is 5.06. The molecule has 0 aliphatic heterocycles. The molecule has 3 nitrogen and oxygen atoms in total. The summed E-state index contributed by atoms with van der Waals surface area (Å²) in [5.74, 6) is 0.221. The van der Waals surface area contributed by atoms with Gasteiger partial charge in [-0.25, -0.2) is 9.97 Å². The highest BCUT2D eigenvalue weighted by Gasteiger charge is 2.13. The zero-order valence-corrected chi connectivity index (χ0v) is 10.6. The van der Waals surface area contributed by atoms with Gasteiger partial charge < -0.3 is 4.74 Å². The van der Waals surface area contributed by atoms with Crippen molar-refractivity contribution in [3.05, 3.63) is 48.2 Å². The van der Waals surface area contributed by atoms with Gasteiger partial charge in [0.15, 0.2) is 0 Å². The highest BCUT2D eigenvalue weighted by atomic mass is 19.1. The van der Waals surface area contributed by atoms with E-state index in [1.807, 2.05) is 24.3 Å². The first kappa shape index (κ1) is 12.5. The number of hydrogen-bond acceptors (Lipinski definition) is 3. The molecule has 0 bridgehead atoms. The lowest BCUT2D eigenvalue weighted by Crippen LogP contribution is -2.10. The molecule has 0 radical (unpaired) electrons. The molecular weight excluding hydrogens is 231 g/mol. The Balaban J connectivity index is 2.16. The molecule has 0 atom stereocenters. The van der Waals surface area contributed by atoms with Crippen molar-refractivity contribution in [1.29, 1.82) is 0 Å². The molecular formula is C14H15FN2O. The Morgan fingerprint density at radius 2 is 1.72 bits per heavy atom. The summed E-state index contributed by atoms with van der Waals surface area (Å²) in [6.07, 6.45) is 1.13. The third kappa shape index (κ3) is 3.03. The smallest absolute Gasteiger partial charge is 0.225 e. The Morgan fingerprint density at radius 1 is 1.06 bits per heavy atom. The average molecular weight is 246 g/mol. The number of ether oxygens (including phenoxy) is 1. The third-order valence-electron chi connectivity index (χ3n) is 2.55. The maximum atomic E-state index is 12.9. The van der Waals surface area contributed by atoms with Crippen molar-refractivity contribution in [3.8, 4) is 11.6 Å². The summed E-state index contributed by atoms with van der Waals surface area (Å²) >= 11 is 0. The summed E-state index contributed by atoms with van der Waals surface area (Å²) in [6, 6.07) is 8.83. The highest BCUT2D eigenvalue weighted by molar-refractivity contribution is 5.33. The van der Waals surface area contributed by atoms with Crippen LogP contribution in [0, 0.1) is 5.95 Å². The molecule has 0 saturated carbocycles. The minimum absolute atomic E-state index is 0.0968. The number of nitrogens with zero attached hydrogens (tertiary/aromatic N) is 2. The molecule has 2 rings (SSSR count). The lowest BCUT2D eigenvalue weighted by molar-refractivity contribution is 0.450. The van der Waals surface area contributed by atoms with Crippen LogP contribution in [-0.4, -0.2) is 9.97 Å². The van der Waals surface area contributed by atoms with Gasteiger partial charge in [0.25, 0.3) is 0 Å². The Morgan fingerprint density at radius 3 is 2.28 bits per heavy atom. The zero-order valence-electron chi connectivity index (χ0n) is 10.6. The fraction of sp³-hybridized carbons (Fsp3) is 0.286. The molecule has 0 amide bonds. The first-order valence-electron chi connectivity index (χ1n) is 5.71. The number of benzene rings is 1. The second kappa shape index (κ2) is 4.72. The van der Waals surface area contributed by atoms with E-state index in [2.05, 4.69) is 30.7 Å². The van der Waals surface area contributed by atoms with Gasteiger partial charge in [-0.3, -0.25) is 0 Å². The minimum Gasteiger partial charge on any atom is -0.439 e. The summed E-state index contributed by atoms with van der Waals surface area (Å²) in [5, 5.41) is 0. The van der Waals surface area contributed by atoms with Crippen molar-refractivity contribution < 1.29 is 9.13 Å². The Bertz CT molecular complexity index is 532. The monoisotopic (exact) mass is 246 g/mol. The number of aromatic nitrogens is 2. The van der Waals surface area contributed by atoms with Gasteiger partial charge in [0.1, 0.15) is 12.1 Å². The predicted octanol–water partition coefficient (Wildman–Crippen LogP) is 3.71. The Labute approximate surface area is 106 Å². The highest BCUT2D eigenvalue weighted by Crippen LogP contribution is 2.26. The molecule has 0 N–H and O–H groups in total. The van der Waals surface area contributed by atoms with Crippen LogP contribution in [-0.2, 0) is 5.41 Å². The molecule has 0 spiro atoms. The molecule has 0 saturated heterocycles. The Hall–Kier alpha value is -1.97. The molecule has 18 heavy (non-hydrogen) atoms. The number of rotatable bonds is 2. The van der Waals surface area contributed by atoms with Gasteiger partial charge in [0.2, 0.25) is 11.8 Å². The van der Waals surface area contributed by atoms with Gasteiger partial charge in [-0.05, 0) is 23.1 Å². The standard InChI is InChI=1S/C14H15FN2O/c1-14(2,3)10-4-6-11(7-5-10)18-13-8-12(15)16-9-17-13/h4-9H,1-3H3. The van der Waals surface area contributed by atoms with E-state index in [1.54, 1.807) is 0 Å². The zero-order chi connectivity index (χ0) is 13.2. The van der Waals surface area contributed by atoms with Crippen molar-refractivity contribution in [1.82, 2.24) is 9.97 Å². The fourth-order valence-electron chi connectivity index (χ4n) is 1.52. The predicted molar refractivity (Wildman–Crippen MR) is 67.2 cm³/mol. The summed E-state index contributed by atoms with van der Waals surface area (Å²) < 4.78 is 18.3. The normalized spacial score (nSPS) is 11.3. The maximum absolute atomic E-state index is 12.9. The minimum atomic E-state index is -0.605. The van der Waals surface area contributed by atoms with Gasteiger partial charge in [-0.1, -0.05) is 32.9 Å². The van der Waals surface area contributed by atoms with Crippen LogP contribution in [0.4, 0.5) is 4.39 Å². The first-order chi connectivity index (χ1) is 8.45. The van der Waals surface area contributed by atoms with E-state index in [4.69, 9.17) is 4.74 Å². The molecule has 2 aromatic rings. The summed E-state index contributed by atoms with van der Waals surface area (Å²) in [5.41, 5.74) is 1.31. The van der Waals surface area contributed by atoms with Crippen molar-refractivity contribution in [2.45, 2.75) is 26.2 Å². The Kier molecular flexibility index (Phi) is 3.28. The lowest BCUT2D eigenvalue weighted by Gasteiger charge is -2.19. The molecule has 1 heterocycles. The molecule has 0 unspecified atom stereocenters. The van der Waals surface area contributed by atoms with Gasteiger partial charge in [-0.2, -0.15) is 4.39 Å². The molecule has 4 heteroatoms. The lowest BCUT2D eigenvalue weighted by atomic mass is 9.87. The van der Waals surface area contributed by atoms with Gasteiger partial charge >= 0.3 is 0 Å². The molecule has 0 fully saturated rings. The third-order valence-corrected chi connectivity index (χ3v) is 2.55. The van der Waals surface area contributed by atoms with Gasteiger partial charge in [0.05, 0.1) is 6.07 Å². The molecule has 0 aliphatic rings. The van der Waals surface area contributed by atoms with Crippen molar-refractivity contribution >= 4 is 0 Å². The second-order valence-corrected chi connectivity index (χ2v) is 5.06. The van der Waals surface area contributed by atoms with E-state index in [9.17, 15) is 4.39 Å². The van der Waals surface area contributed by atoms with E-state index in [0.717, 1.165) is 12.4 Å². The maximum Gasteiger partial charge on any atom is 0.225 e. The van der Waals surface area contributed by atoms with Crippen molar-refractivity contribution in [2.24, 2.45) is 0 Å². The van der Waals surface area contributed by atoms with E-state index in [0.29, 0.717) is 5.75 Å². The van der Waals surface area contributed by atoms with Gasteiger partial charge in [-0.15, -0.1) is 0 Å². The molecule has 1 aromatic carbocycles.